The number of aryl methyl sites for hydroxylation is 1. The number of ether oxygens (including phenoxy) is 1. The molecule has 4 aromatic rings. The van der Waals surface area contributed by atoms with E-state index in [9.17, 15) is 14.0 Å². The number of rotatable bonds is 6. The van der Waals surface area contributed by atoms with Crippen molar-refractivity contribution >= 4 is 22.3 Å². The van der Waals surface area contributed by atoms with Crippen molar-refractivity contribution in [2.45, 2.75) is 19.4 Å². The molecule has 0 radical (unpaired) electrons. The van der Waals surface area contributed by atoms with Crippen LogP contribution in [-0.2, 0) is 17.8 Å². The zero-order chi connectivity index (χ0) is 19.7. The lowest BCUT2D eigenvalue weighted by Crippen LogP contribution is -2.24. The summed E-state index contributed by atoms with van der Waals surface area (Å²) in [7, 11) is 1.52. The van der Waals surface area contributed by atoms with E-state index in [0.717, 1.165) is 0 Å². The summed E-state index contributed by atoms with van der Waals surface area (Å²) in [6.45, 7) is 0.170. The fourth-order valence-electron chi connectivity index (χ4n) is 3.35. The van der Waals surface area contributed by atoms with Crippen molar-refractivity contribution in [3.05, 3.63) is 76.6 Å². The molecule has 0 saturated carbocycles. The first kappa shape index (κ1) is 17.9. The number of benzene rings is 1. The van der Waals surface area contributed by atoms with Crippen LogP contribution in [0.25, 0.3) is 16.6 Å². The number of halogens is 1. The SMILES string of the molecule is COc1cccc(CC(=O)CCn2c(=O)c3cccn3c3ccc(F)cc32)n1. The maximum atomic E-state index is 13.8. The Hall–Kier alpha value is -3.48. The summed E-state index contributed by atoms with van der Waals surface area (Å²) in [5.41, 5.74) is 2.01. The number of methoxy groups -OCH3 is 1. The summed E-state index contributed by atoms with van der Waals surface area (Å²) in [6, 6.07) is 13.0. The Morgan fingerprint density at radius 3 is 2.79 bits per heavy atom. The van der Waals surface area contributed by atoms with E-state index in [1.807, 2.05) is 0 Å². The minimum absolute atomic E-state index is 0.0625. The monoisotopic (exact) mass is 379 g/mol. The highest BCUT2D eigenvalue weighted by Gasteiger charge is 2.13. The smallest absolute Gasteiger partial charge is 0.275 e. The quantitative estimate of drug-likeness (QED) is 0.517. The summed E-state index contributed by atoms with van der Waals surface area (Å²) in [5, 5.41) is 0. The van der Waals surface area contributed by atoms with E-state index in [-0.39, 0.29) is 30.7 Å². The molecule has 0 N–H and O–H groups in total. The normalized spacial score (nSPS) is 11.2. The third-order valence-corrected chi connectivity index (χ3v) is 4.68. The van der Waals surface area contributed by atoms with Gasteiger partial charge in [0.05, 0.1) is 23.8 Å². The molecule has 7 heteroatoms. The summed E-state index contributed by atoms with van der Waals surface area (Å²) in [5.74, 6) is -0.0480. The standard InChI is InChI=1S/C21H18FN3O3/c1-28-20-6-2-4-15(23-20)13-16(26)9-11-25-19-12-14(22)7-8-17(19)24-10-3-5-18(24)21(25)27/h2-8,10,12H,9,11,13H2,1H3. The molecule has 28 heavy (non-hydrogen) atoms. The van der Waals surface area contributed by atoms with Crippen LogP contribution < -0.4 is 10.3 Å². The van der Waals surface area contributed by atoms with Gasteiger partial charge in [0, 0.05) is 31.6 Å². The van der Waals surface area contributed by atoms with Crippen LogP contribution in [0, 0.1) is 5.82 Å². The third-order valence-electron chi connectivity index (χ3n) is 4.68. The summed E-state index contributed by atoms with van der Waals surface area (Å²) >= 11 is 0. The minimum atomic E-state index is -0.431. The molecule has 4 rings (SSSR count). The average Bonchev–Trinajstić information content (AvgIpc) is 3.18. The average molecular weight is 379 g/mol. The number of hydrogen-bond donors (Lipinski definition) is 0. The number of carbonyl (C=O) groups is 1. The van der Waals surface area contributed by atoms with Gasteiger partial charge in [-0.25, -0.2) is 9.37 Å². The zero-order valence-corrected chi connectivity index (χ0v) is 15.3. The van der Waals surface area contributed by atoms with Crippen LogP contribution in [0.3, 0.4) is 0 Å². The first-order valence-electron chi connectivity index (χ1n) is 8.87. The summed E-state index contributed by atoms with van der Waals surface area (Å²) in [6.07, 6.45) is 2.05. The molecule has 0 amide bonds. The van der Waals surface area contributed by atoms with Gasteiger partial charge in [-0.3, -0.25) is 9.59 Å². The van der Waals surface area contributed by atoms with E-state index in [1.54, 1.807) is 47.0 Å². The molecule has 6 nitrogen and oxygen atoms in total. The second kappa shape index (κ2) is 7.26. The molecule has 0 fully saturated rings. The van der Waals surface area contributed by atoms with E-state index >= 15 is 0 Å². The molecule has 0 aliphatic carbocycles. The first-order valence-corrected chi connectivity index (χ1v) is 8.87. The molecule has 1 aromatic carbocycles. The second-order valence-corrected chi connectivity index (χ2v) is 6.49. The topological polar surface area (TPSA) is 65.6 Å². The fraction of sp³-hybridized carbons (Fsp3) is 0.190. The maximum absolute atomic E-state index is 13.8. The molecule has 3 heterocycles. The summed E-state index contributed by atoms with van der Waals surface area (Å²) < 4.78 is 22.1. The van der Waals surface area contributed by atoms with Crippen LogP contribution in [0.5, 0.6) is 5.88 Å². The number of nitrogens with zero attached hydrogens (tertiary/aromatic N) is 3. The van der Waals surface area contributed by atoms with E-state index in [4.69, 9.17) is 4.74 Å². The van der Waals surface area contributed by atoms with E-state index in [1.165, 1.54) is 23.8 Å². The Morgan fingerprint density at radius 2 is 1.96 bits per heavy atom. The molecule has 0 saturated heterocycles. The van der Waals surface area contributed by atoms with Gasteiger partial charge in [-0.15, -0.1) is 0 Å². The molecule has 0 spiro atoms. The number of hydrogen-bond acceptors (Lipinski definition) is 4. The second-order valence-electron chi connectivity index (χ2n) is 6.49. The Morgan fingerprint density at radius 1 is 1.11 bits per heavy atom. The lowest BCUT2D eigenvalue weighted by molar-refractivity contribution is -0.118. The lowest BCUT2D eigenvalue weighted by Gasteiger charge is -2.12. The number of aromatic nitrogens is 3. The number of Topliss-reactive ketones (excluding diaryl/α,β-unsaturated/α-hetero) is 1. The number of carbonyl (C=O) groups excluding carboxylic acids is 1. The molecular weight excluding hydrogens is 361 g/mol. The van der Waals surface area contributed by atoms with Crippen molar-refractivity contribution in [3.8, 4) is 5.88 Å². The number of fused-ring (bicyclic) bond motifs is 3. The van der Waals surface area contributed by atoms with Gasteiger partial charge in [-0.05, 0) is 36.4 Å². The van der Waals surface area contributed by atoms with Crippen LogP contribution in [0.4, 0.5) is 4.39 Å². The predicted molar refractivity (Wildman–Crippen MR) is 103 cm³/mol. The first-order chi connectivity index (χ1) is 13.6. The van der Waals surface area contributed by atoms with Gasteiger partial charge in [-0.1, -0.05) is 6.07 Å². The highest BCUT2D eigenvalue weighted by atomic mass is 19.1. The van der Waals surface area contributed by atoms with Crippen molar-refractivity contribution in [1.82, 2.24) is 14.0 Å². The Kier molecular flexibility index (Phi) is 4.65. The molecule has 0 aliphatic heterocycles. The highest BCUT2D eigenvalue weighted by molar-refractivity contribution is 5.82. The van der Waals surface area contributed by atoms with E-state index in [0.29, 0.717) is 28.1 Å². The van der Waals surface area contributed by atoms with Gasteiger partial charge < -0.3 is 13.7 Å². The molecule has 0 aliphatic rings. The van der Waals surface area contributed by atoms with Crippen molar-refractivity contribution in [2.24, 2.45) is 0 Å². The van der Waals surface area contributed by atoms with Crippen molar-refractivity contribution in [3.63, 3.8) is 0 Å². The van der Waals surface area contributed by atoms with Crippen LogP contribution in [0.15, 0.2) is 59.5 Å². The van der Waals surface area contributed by atoms with Crippen LogP contribution in [0.2, 0.25) is 0 Å². The van der Waals surface area contributed by atoms with Gasteiger partial charge >= 0.3 is 0 Å². The van der Waals surface area contributed by atoms with Gasteiger partial charge in [0.1, 0.15) is 17.1 Å². The molecule has 3 aromatic heterocycles. The fourth-order valence-corrected chi connectivity index (χ4v) is 3.35. The Labute approximate surface area is 159 Å². The van der Waals surface area contributed by atoms with Crippen molar-refractivity contribution in [1.29, 1.82) is 0 Å². The Balaban J connectivity index is 1.63. The molecule has 142 valence electrons. The molecule has 0 bridgehead atoms. The lowest BCUT2D eigenvalue weighted by atomic mass is 10.1. The number of pyridine rings is 1. The zero-order valence-electron chi connectivity index (χ0n) is 15.3. The van der Waals surface area contributed by atoms with Gasteiger partial charge in [-0.2, -0.15) is 0 Å². The van der Waals surface area contributed by atoms with Gasteiger partial charge in [0.2, 0.25) is 5.88 Å². The van der Waals surface area contributed by atoms with Gasteiger partial charge in [0.25, 0.3) is 5.56 Å². The van der Waals surface area contributed by atoms with Crippen LogP contribution in [-0.4, -0.2) is 26.8 Å². The molecule has 0 atom stereocenters. The van der Waals surface area contributed by atoms with Crippen molar-refractivity contribution < 1.29 is 13.9 Å². The Bertz CT molecular complexity index is 1240. The predicted octanol–water partition coefficient (Wildman–Crippen LogP) is 3.00. The largest absolute Gasteiger partial charge is 0.481 e. The highest BCUT2D eigenvalue weighted by Crippen LogP contribution is 2.17. The van der Waals surface area contributed by atoms with E-state index < -0.39 is 5.82 Å². The summed E-state index contributed by atoms with van der Waals surface area (Å²) in [4.78, 5) is 29.5. The van der Waals surface area contributed by atoms with Crippen LogP contribution >= 0.6 is 0 Å². The number of ketones is 1. The van der Waals surface area contributed by atoms with Crippen molar-refractivity contribution in [2.75, 3.05) is 7.11 Å². The minimum Gasteiger partial charge on any atom is -0.481 e. The molecular formula is C21H18FN3O3. The third kappa shape index (κ3) is 3.26. The van der Waals surface area contributed by atoms with E-state index in [2.05, 4.69) is 4.98 Å². The maximum Gasteiger partial charge on any atom is 0.275 e. The van der Waals surface area contributed by atoms with Crippen LogP contribution in [0.1, 0.15) is 12.1 Å². The van der Waals surface area contributed by atoms with Gasteiger partial charge in [0.15, 0.2) is 0 Å². The molecule has 0 unspecified atom stereocenters.